The van der Waals surface area contributed by atoms with E-state index in [9.17, 15) is 13.2 Å². The van der Waals surface area contributed by atoms with Gasteiger partial charge in [-0.15, -0.1) is 0 Å². The highest BCUT2D eigenvalue weighted by atomic mass is 32.2. The average Bonchev–Trinajstić information content (AvgIpc) is 2.76. The van der Waals surface area contributed by atoms with Crippen molar-refractivity contribution < 1.29 is 22.1 Å². The van der Waals surface area contributed by atoms with E-state index in [0.29, 0.717) is 17.7 Å². The van der Waals surface area contributed by atoms with Crippen molar-refractivity contribution in [2.75, 3.05) is 5.75 Å². The molecule has 0 radical (unpaired) electrons. The van der Waals surface area contributed by atoms with Crippen LogP contribution in [0.5, 0.6) is 11.5 Å². The second kappa shape index (κ2) is 5.94. The van der Waals surface area contributed by atoms with Crippen molar-refractivity contribution in [1.29, 1.82) is 0 Å². The number of ether oxygens (including phenoxy) is 1. The number of rotatable bonds is 5. The first-order chi connectivity index (χ1) is 11.3. The zero-order chi connectivity index (χ0) is 17.4. The Hall–Kier alpha value is -2.34. The number of aryl methyl sites for hydroxylation is 1. The Morgan fingerprint density at radius 3 is 2.50 bits per heavy atom. The van der Waals surface area contributed by atoms with E-state index < -0.39 is 15.5 Å². The summed E-state index contributed by atoms with van der Waals surface area (Å²) in [6.07, 6.45) is 0.376. The molecule has 0 saturated heterocycles. The van der Waals surface area contributed by atoms with Gasteiger partial charge < -0.3 is 8.92 Å². The number of esters is 1. The maximum atomic E-state index is 12.2. The predicted octanol–water partition coefficient (Wildman–Crippen LogP) is 2.83. The lowest BCUT2D eigenvalue weighted by Crippen LogP contribution is -2.26. The maximum absolute atomic E-state index is 12.2. The van der Waals surface area contributed by atoms with Crippen molar-refractivity contribution in [3.8, 4) is 11.5 Å². The summed E-state index contributed by atoms with van der Waals surface area (Å²) >= 11 is 0. The minimum atomic E-state index is -3.73. The van der Waals surface area contributed by atoms with Gasteiger partial charge in [-0.3, -0.25) is 4.79 Å². The van der Waals surface area contributed by atoms with Crippen molar-refractivity contribution in [2.24, 2.45) is 0 Å². The summed E-state index contributed by atoms with van der Waals surface area (Å²) in [5, 5.41) is 0. The molecular weight excluding hydrogens is 328 g/mol. The summed E-state index contributed by atoms with van der Waals surface area (Å²) in [4.78, 5) is 11.8. The first-order valence-electron chi connectivity index (χ1n) is 7.61. The van der Waals surface area contributed by atoms with Crippen LogP contribution in [-0.4, -0.2) is 20.1 Å². The van der Waals surface area contributed by atoms with Crippen LogP contribution >= 0.6 is 0 Å². The molecule has 2 aromatic carbocycles. The Bertz CT molecular complexity index is 870. The quantitative estimate of drug-likeness (QED) is 0.473. The molecule has 0 amide bonds. The summed E-state index contributed by atoms with van der Waals surface area (Å²) in [6, 6.07) is 14.0. The van der Waals surface area contributed by atoms with Gasteiger partial charge in [0.2, 0.25) is 0 Å². The van der Waals surface area contributed by atoms with Gasteiger partial charge in [0, 0.05) is 5.56 Å². The summed E-state index contributed by atoms with van der Waals surface area (Å²) in [5.74, 6) is 0.154. The largest absolute Gasteiger partial charge is 0.426 e. The molecule has 1 aliphatic heterocycles. The van der Waals surface area contributed by atoms with E-state index in [4.69, 9.17) is 8.92 Å². The Labute approximate surface area is 141 Å². The van der Waals surface area contributed by atoms with Gasteiger partial charge in [0.05, 0.1) is 11.2 Å². The van der Waals surface area contributed by atoms with E-state index >= 15 is 0 Å². The number of hydrogen-bond donors (Lipinski definition) is 0. The molecule has 6 heteroatoms. The minimum Gasteiger partial charge on any atom is -0.426 e. The summed E-state index contributed by atoms with van der Waals surface area (Å²) < 4.78 is 34.7. The Morgan fingerprint density at radius 1 is 1.08 bits per heavy atom. The van der Waals surface area contributed by atoms with Gasteiger partial charge in [0.15, 0.2) is 0 Å². The molecule has 1 heterocycles. The molecule has 0 aliphatic carbocycles. The van der Waals surface area contributed by atoms with Crippen LogP contribution in [0.25, 0.3) is 0 Å². The van der Waals surface area contributed by atoms with Gasteiger partial charge in [-0.05, 0) is 44.0 Å². The minimum absolute atomic E-state index is 0.118. The fourth-order valence-corrected chi connectivity index (χ4v) is 3.52. The lowest BCUT2D eigenvalue weighted by molar-refractivity contribution is -0.137. The molecule has 0 fully saturated rings. The number of hydrogen-bond acceptors (Lipinski definition) is 5. The summed E-state index contributed by atoms with van der Waals surface area (Å²) in [5.41, 5.74) is 0.740. The van der Waals surface area contributed by atoms with Crippen LogP contribution in [0, 0.1) is 0 Å². The van der Waals surface area contributed by atoms with Crippen molar-refractivity contribution in [1.82, 2.24) is 0 Å². The molecule has 0 unspecified atom stereocenters. The van der Waals surface area contributed by atoms with Gasteiger partial charge in [0.1, 0.15) is 11.5 Å². The van der Waals surface area contributed by atoms with Crippen LogP contribution in [0.15, 0.2) is 48.5 Å². The first kappa shape index (κ1) is 16.5. The molecule has 3 rings (SSSR count). The highest BCUT2D eigenvalue weighted by Crippen LogP contribution is 2.41. The van der Waals surface area contributed by atoms with E-state index in [1.807, 2.05) is 30.3 Å². The number of carbonyl (C=O) groups is 1. The molecule has 24 heavy (non-hydrogen) atoms. The van der Waals surface area contributed by atoms with Crippen molar-refractivity contribution in [3.63, 3.8) is 0 Å². The molecule has 0 bridgehead atoms. The summed E-state index contributed by atoms with van der Waals surface area (Å²) in [7, 11) is -3.73. The molecule has 1 aliphatic rings. The third kappa shape index (κ3) is 3.28. The van der Waals surface area contributed by atoms with E-state index in [-0.39, 0.29) is 17.5 Å². The number of fused-ring (bicyclic) bond motifs is 1. The van der Waals surface area contributed by atoms with Crippen LogP contribution in [-0.2, 0) is 26.7 Å². The van der Waals surface area contributed by atoms with E-state index in [1.54, 1.807) is 26.0 Å². The van der Waals surface area contributed by atoms with Gasteiger partial charge in [0.25, 0.3) is 0 Å². The molecule has 2 aromatic rings. The monoisotopic (exact) mass is 346 g/mol. The smallest absolute Gasteiger partial charge is 0.321 e. The molecule has 0 saturated carbocycles. The Balaban J connectivity index is 1.74. The second-order valence-electron chi connectivity index (χ2n) is 6.25. The highest BCUT2D eigenvalue weighted by molar-refractivity contribution is 7.87. The lowest BCUT2D eigenvalue weighted by atomic mass is 9.86. The van der Waals surface area contributed by atoms with Gasteiger partial charge in [-0.2, -0.15) is 8.42 Å². The lowest BCUT2D eigenvalue weighted by Gasteiger charge is -2.14. The summed E-state index contributed by atoms with van der Waals surface area (Å²) in [6.45, 7) is 3.46. The fraction of sp³-hybridized carbons (Fsp3) is 0.278. The van der Waals surface area contributed by atoms with Crippen molar-refractivity contribution in [3.05, 3.63) is 59.7 Å². The molecule has 126 valence electrons. The van der Waals surface area contributed by atoms with Gasteiger partial charge in [-0.25, -0.2) is 0 Å². The predicted molar refractivity (Wildman–Crippen MR) is 89.7 cm³/mol. The van der Waals surface area contributed by atoms with E-state index in [1.165, 1.54) is 6.07 Å². The topological polar surface area (TPSA) is 69.7 Å². The van der Waals surface area contributed by atoms with Crippen LogP contribution in [0.3, 0.4) is 0 Å². The highest BCUT2D eigenvalue weighted by Gasteiger charge is 2.41. The molecule has 0 N–H and O–H groups in total. The van der Waals surface area contributed by atoms with E-state index in [2.05, 4.69) is 0 Å². The van der Waals surface area contributed by atoms with Gasteiger partial charge >= 0.3 is 16.1 Å². The van der Waals surface area contributed by atoms with Crippen molar-refractivity contribution in [2.45, 2.75) is 25.7 Å². The zero-order valence-electron chi connectivity index (χ0n) is 13.5. The van der Waals surface area contributed by atoms with Crippen LogP contribution in [0.2, 0.25) is 0 Å². The Kier molecular flexibility index (Phi) is 4.09. The third-order valence-electron chi connectivity index (χ3n) is 4.04. The van der Waals surface area contributed by atoms with Crippen LogP contribution in [0.4, 0.5) is 0 Å². The normalized spacial score (nSPS) is 15.7. The molecular formula is C18H18O5S. The first-order valence-corrected chi connectivity index (χ1v) is 9.18. The number of carbonyl (C=O) groups excluding carboxylic acids is 1. The molecule has 0 atom stereocenters. The SMILES string of the molecule is CC1(C)C(=O)Oc2ccc(OS(=O)(=O)CCc3ccccc3)cc21. The van der Waals surface area contributed by atoms with Crippen LogP contribution in [0.1, 0.15) is 25.0 Å². The van der Waals surface area contributed by atoms with Crippen LogP contribution < -0.4 is 8.92 Å². The maximum Gasteiger partial charge on any atom is 0.321 e. The molecule has 5 nitrogen and oxygen atoms in total. The average molecular weight is 346 g/mol. The number of benzene rings is 2. The Morgan fingerprint density at radius 2 is 1.79 bits per heavy atom. The fourth-order valence-electron chi connectivity index (χ4n) is 2.55. The standard InChI is InChI=1S/C18H18O5S/c1-18(2)15-12-14(8-9-16(15)22-17(18)19)23-24(20,21)11-10-13-6-4-3-5-7-13/h3-9,12H,10-11H2,1-2H3. The molecule has 0 aromatic heterocycles. The van der Waals surface area contributed by atoms with E-state index in [0.717, 1.165) is 5.56 Å². The molecule has 0 spiro atoms. The van der Waals surface area contributed by atoms with Gasteiger partial charge in [-0.1, -0.05) is 30.3 Å². The van der Waals surface area contributed by atoms with Crippen molar-refractivity contribution >= 4 is 16.1 Å². The second-order valence-corrected chi connectivity index (χ2v) is 7.94. The zero-order valence-corrected chi connectivity index (χ0v) is 14.3. The third-order valence-corrected chi connectivity index (χ3v) is 5.19.